The first-order valence-corrected chi connectivity index (χ1v) is 5.10. The predicted molar refractivity (Wildman–Crippen MR) is 62.4 cm³/mol. The molecule has 0 spiro atoms. The van der Waals surface area contributed by atoms with Crippen LogP contribution in [0.25, 0.3) is 0 Å². The number of nitrogens with one attached hydrogen (secondary N) is 1. The zero-order valence-corrected chi connectivity index (χ0v) is 9.74. The van der Waals surface area contributed by atoms with E-state index in [1.54, 1.807) is 0 Å². The van der Waals surface area contributed by atoms with Crippen LogP contribution in [0.15, 0.2) is 34.3 Å². The molecule has 0 aromatic heterocycles. The number of rotatable bonds is 3. The van der Waals surface area contributed by atoms with Gasteiger partial charge in [0.15, 0.2) is 0 Å². The van der Waals surface area contributed by atoms with Gasteiger partial charge >= 0.3 is 0 Å². The van der Waals surface area contributed by atoms with Gasteiger partial charge in [0.1, 0.15) is 0 Å². The Morgan fingerprint density at radius 1 is 1.62 bits per heavy atom. The van der Waals surface area contributed by atoms with Crippen molar-refractivity contribution in [2.75, 3.05) is 11.9 Å². The molecule has 0 aliphatic heterocycles. The van der Waals surface area contributed by atoms with Gasteiger partial charge in [-0.3, -0.25) is 0 Å². The molecule has 3 heteroatoms. The summed E-state index contributed by atoms with van der Waals surface area (Å²) in [4.78, 5) is 0. The van der Waals surface area contributed by atoms with Crippen molar-refractivity contribution < 1.29 is 0 Å². The Balaban J connectivity index is 2.72. The molecule has 1 aromatic rings. The molecule has 0 atom stereocenters. The van der Waals surface area contributed by atoms with Crippen LogP contribution in [0.2, 0.25) is 0 Å². The van der Waals surface area contributed by atoms with Gasteiger partial charge in [0.25, 0.3) is 0 Å². The summed E-state index contributed by atoms with van der Waals surface area (Å²) in [6.45, 7) is 6.26. The second-order valence-electron chi connectivity index (χ2n) is 2.83. The number of halogens is 2. The maximum absolute atomic E-state index is 5.65. The molecule has 0 saturated carbocycles. The summed E-state index contributed by atoms with van der Waals surface area (Å²) in [7, 11) is 0. The highest BCUT2D eigenvalue weighted by molar-refractivity contribution is 9.10. The van der Waals surface area contributed by atoms with E-state index in [0.717, 1.165) is 10.2 Å². The maximum Gasteiger partial charge on any atom is 0.0501 e. The van der Waals surface area contributed by atoms with Gasteiger partial charge in [-0.1, -0.05) is 34.1 Å². The van der Waals surface area contributed by atoms with E-state index in [0.29, 0.717) is 11.6 Å². The van der Waals surface area contributed by atoms with Crippen LogP contribution in [0, 0.1) is 6.92 Å². The maximum atomic E-state index is 5.65. The van der Waals surface area contributed by atoms with Crippen molar-refractivity contribution in [2.24, 2.45) is 0 Å². The second kappa shape index (κ2) is 4.68. The highest BCUT2D eigenvalue weighted by Crippen LogP contribution is 2.20. The zero-order valence-electron chi connectivity index (χ0n) is 7.40. The third-order valence-electron chi connectivity index (χ3n) is 1.66. The predicted octanol–water partition coefficient (Wildman–Crippen LogP) is 3.92. The van der Waals surface area contributed by atoms with Gasteiger partial charge in [-0.2, -0.15) is 0 Å². The van der Waals surface area contributed by atoms with Crippen molar-refractivity contribution in [2.45, 2.75) is 6.92 Å². The van der Waals surface area contributed by atoms with Gasteiger partial charge in [-0.15, -0.1) is 0 Å². The first kappa shape index (κ1) is 10.6. The summed E-state index contributed by atoms with van der Waals surface area (Å²) in [6.07, 6.45) is 0. The summed E-state index contributed by atoms with van der Waals surface area (Å²) in [5, 5.41) is 3.80. The summed E-state index contributed by atoms with van der Waals surface area (Å²) in [6, 6.07) is 6.06. The van der Waals surface area contributed by atoms with Crippen molar-refractivity contribution in [3.05, 3.63) is 39.8 Å². The molecule has 0 unspecified atom stereocenters. The normalized spacial score (nSPS) is 9.77. The van der Waals surface area contributed by atoms with Crippen LogP contribution >= 0.6 is 27.5 Å². The highest BCUT2D eigenvalue weighted by Gasteiger charge is 1.97. The number of benzene rings is 1. The lowest BCUT2D eigenvalue weighted by molar-refractivity contribution is 1.28. The molecular formula is C10H11BrClN. The molecule has 0 aliphatic rings. The lowest BCUT2D eigenvalue weighted by atomic mass is 10.2. The lowest BCUT2D eigenvalue weighted by Crippen LogP contribution is -2.02. The number of anilines is 1. The zero-order chi connectivity index (χ0) is 9.84. The van der Waals surface area contributed by atoms with Crippen LogP contribution in [0.5, 0.6) is 0 Å². The van der Waals surface area contributed by atoms with Crippen LogP contribution in [-0.2, 0) is 0 Å². The minimum Gasteiger partial charge on any atom is -0.380 e. The van der Waals surface area contributed by atoms with Crippen molar-refractivity contribution in [3.63, 3.8) is 0 Å². The summed E-state index contributed by atoms with van der Waals surface area (Å²) < 4.78 is 1.08. The number of aryl methyl sites for hydroxylation is 1. The fourth-order valence-electron chi connectivity index (χ4n) is 1.02. The molecule has 1 N–H and O–H groups in total. The molecule has 1 nitrogen and oxygen atoms in total. The van der Waals surface area contributed by atoms with E-state index in [-0.39, 0.29) is 0 Å². The molecular weight excluding hydrogens is 249 g/mol. The van der Waals surface area contributed by atoms with E-state index in [9.17, 15) is 0 Å². The highest BCUT2D eigenvalue weighted by atomic mass is 79.9. The van der Waals surface area contributed by atoms with Crippen LogP contribution < -0.4 is 5.32 Å². The molecule has 70 valence electrons. The molecule has 0 heterocycles. The van der Waals surface area contributed by atoms with Crippen LogP contribution in [-0.4, -0.2) is 6.54 Å². The third-order valence-corrected chi connectivity index (χ3v) is 2.29. The van der Waals surface area contributed by atoms with Gasteiger partial charge in [0, 0.05) is 15.2 Å². The first-order chi connectivity index (χ1) is 6.09. The van der Waals surface area contributed by atoms with Gasteiger partial charge in [-0.25, -0.2) is 0 Å². The topological polar surface area (TPSA) is 12.0 Å². The summed E-state index contributed by atoms with van der Waals surface area (Å²) in [5.41, 5.74) is 2.28. The monoisotopic (exact) mass is 259 g/mol. The van der Waals surface area contributed by atoms with Crippen LogP contribution in [0.1, 0.15) is 5.56 Å². The molecule has 0 amide bonds. The van der Waals surface area contributed by atoms with Crippen molar-refractivity contribution in [1.82, 2.24) is 0 Å². The molecule has 13 heavy (non-hydrogen) atoms. The SMILES string of the molecule is C=C(Cl)CNc1ccc(Br)cc1C. The Hall–Kier alpha value is -0.470. The Labute approximate surface area is 91.9 Å². The van der Waals surface area contributed by atoms with Gasteiger partial charge in [0.2, 0.25) is 0 Å². The second-order valence-corrected chi connectivity index (χ2v) is 4.28. The molecule has 0 bridgehead atoms. The minimum absolute atomic E-state index is 0.601. The molecule has 1 rings (SSSR count). The average molecular weight is 261 g/mol. The molecule has 0 radical (unpaired) electrons. The van der Waals surface area contributed by atoms with E-state index in [1.807, 2.05) is 19.1 Å². The molecule has 0 fully saturated rings. The van der Waals surface area contributed by atoms with Crippen molar-refractivity contribution in [3.8, 4) is 0 Å². The quantitative estimate of drug-likeness (QED) is 0.868. The Bertz CT molecular complexity index is 323. The third kappa shape index (κ3) is 3.41. The van der Waals surface area contributed by atoms with E-state index < -0.39 is 0 Å². The van der Waals surface area contributed by atoms with Gasteiger partial charge < -0.3 is 5.32 Å². The number of hydrogen-bond acceptors (Lipinski definition) is 1. The minimum atomic E-state index is 0.601. The Kier molecular flexibility index (Phi) is 3.82. The van der Waals surface area contributed by atoms with Crippen molar-refractivity contribution >= 4 is 33.2 Å². The van der Waals surface area contributed by atoms with E-state index >= 15 is 0 Å². The average Bonchev–Trinajstić information content (AvgIpc) is 2.02. The van der Waals surface area contributed by atoms with Crippen LogP contribution in [0.4, 0.5) is 5.69 Å². The summed E-state index contributed by atoms with van der Waals surface area (Å²) >= 11 is 9.05. The van der Waals surface area contributed by atoms with E-state index in [1.165, 1.54) is 5.56 Å². The lowest BCUT2D eigenvalue weighted by Gasteiger charge is -2.08. The van der Waals surface area contributed by atoms with Crippen LogP contribution in [0.3, 0.4) is 0 Å². The Morgan fingerprint density at radius 2 is 2.31 bits per heavy atom. The van der Waals surface area contributed by atoms with Gasteiger partial charge in [-0.05, 0) is 30.7 Å². The molecule has 1 aromatic carbocycles. The summed E-state index contributed by atoms with van der Waals surface area (Å²) in [5.74, 6) is 0. The fraction of sp³-hybridized carbons (Fsp3) is 0.200. The fourth-order valence-corrected chi connectivity index (χ4v) is 1.56. The van der Waals surface area contributed by atoms with E-state index in [4.69, 9.17) is 11.6 Å². The van der Waals surface area contributed by atoms with Crippen molar-refractivity contribution in [1.29, 1.82) is 0 Å². The standard InChI is InChI=1S/C10H11BrClN/c1-7-5-9(11)3-4-10(7)13-6-8(2)12/h3-5,13H,2,6H2,1H3. The molecule has 0 aliphatic carbocycles. The molecule has 0 saturated heterocycles. The number of hydrogen-bond donors (Lipinski definition) is 1. The van der Waals surface area contributed by atoms with E-state index in [2.05, 4.69) is 33.9 Å². The largest absolute Gasteiger partial charge is 0.380 e. The first-order valence-electron chi connectivity index (χ1n) is 3.93. The smallest absolute Gasteiger partial charge is 0.0501 e. The Morgan fingerprint density at radius 3 is 2.85 bits per heavy atom. The van der Waals surface area contributed by atoms with Gasteiger partial charge in [0.05, 0.1) is 6.54 Å².